The maximum Gasteiger partial charge on any atom is 0.317 e. The number of carboxylic acid groups (broad SMARTS) is 4. The molecule has 10 nitrogen and oxygen atoms in total. The second-order valence-corrected chi connectivity index (χ2v) is 4.00. The Morgan fingerprint density at radius 1 is 0.571 bits per heavy atom. The Morgan fingerprint density at radius 3 is 0.905 bits per heavy atom. The van der Waals surface area contributed by atoms with Crippen LogP contribution in [0.25, 0.3) is 0 Å². The summed E-state index contributed by atoms with van der Waals surface area (Å²) in [4.78, 5) is 44.4. The molecule has 0 aliphatic carbocycles. The van der Waals surface area contributed by atoms with Crippen molar-refractivity contribution >= 4 is 23.9 Å². The van der Waals surface area contributed by atoms with Crippen LogP contribution in [0.1, 0.15) is 0 Å². The number of carbonyl (C=O) groups is 4. The van der Waals surface area contributed by atoms with Crippen LogP contribution in [-0.4, -0.2) is 93.4 Å². The number of hydrogen-bond donors (Lipinski definition) is 4. The van der Waals surface area contributed by atoms with Crippen LogP contribution >= 0.6 is 0 Å². The Balaban J connectivity index is 0. The van der Waals surface area contributed by atoms with Gasteiger partial charge in [0.2, 0.25) is 0 Å². The molecule has 0 aromatic rings. The van der Waals surface area contributed by atoms with Gasteiger partial charge in [0, 0.05) is 31.6 Å². The van der Waals surface area contributed by atoms with Crippen molar-refractivity contribution in [3.8, 4) is 0 Å². The number of nitrogens with zero attached hydrogens (tertiary/aromatic N) is 2. The Bertz CT molecular complexity index is 321. The van der Waals surface area contributed by atoms with Gasteiger partial charge >= 0.3 is 23.9 Å². The first-order valence-electron chi connectivity index (χ1n) is 5.52. The minimum absolute atomic E-state index is 0. The standard InChI is InChI=1S/C10H16N2O8.V/c13-7(14)3-11(4-8(15)16)1-2-12(5-9(17)18)6-10(19)20;/h1-6H2,(H,13,14)(H,15,16)(H,17,18)(H,19,20);. The van der Waals surface area contributed by atoms with Crippen molar-refractivity contribution in [2.75, 3.05) is 39.3 Å². The van der Waals surface area contributed by atoms with E-state index in [0.29, 0.717) is 0 Å². The van der Waals surface area contributed by atoms with Crippen molar-refractivity contribution in [1.29, 1.82) is 0 Å². The van der Waals surface area contributed by atoms with Gasteiger partial charge in [-0.05, 0) is 0 Å². The van der Waals surface area contributed by atoms with E-state index in [2.05, 4.69) is 0 Å². The fourth-order valence-electron chi connectivity index (χ4n) is 1.48. The molecule has 0 rings (SSSR count). The fraction of sp³-hybridized carbons (Fsp3) is 0.600. The zero-order valence-electron chi connectivity index (χ0n) is 11.0. The summed E-state index contributed by atoms with van der Waals surface area (Å²) >= 11 is 0. The van der Waals surface area contributed by atoms with E-state index in [9.17, 15) is 19.2 Å². The number of aliphatic carboxylic acids is 4. The van der Waals surface area contributed by atoms with Gasteiger partial charge in [0.1, 0.15) is 0 Å². The molecule has 21 heavy (non-hydrogen) atoms. The molecule has 4 N–H and O–H groups in total. The van der Waals surface area contributed by atoms with E-state index in [0.717, 1.165) is 9.80 Å². The molecule has 1 radical (unpaired) electrons. The van der Waals surface area contributed by atoms with Crippen LogP contribution in [0.4, 0.5) is 0 Å². The molecule has 0 unspecified atom stereocenters. The van der Waals surface area contributed by atoms with Crippen molar-refractivity contribution in [3.05, 3.63) is 0 Å². The monoisotopic (exact) mass is 343 g/mol. The number of rotatable bonds is 11. The number of carboxylic acids is 4. The molecule has 0 aromatic carbocycles. The first-order chi connectivity index (χ1) is 9.20. The maximum absolute atomic E-state index is 10.6. The van der Waals surface area contributed by atoms with E-state index < -0.39 is 50.1 Å². The molecule has 0 saturated carbocycles. The van der Waals surface area contributed by atoms with Crippen LogP contribution in [0.15, 0.2) is 0 Å². The van der Waals surface area contributed by atoms with Gasteiger partial charge in [-0.2, -0.15) is 0 Å². The van der Waals surface area contributed by atoms with Crippen LogP contribution in [0.5, 0.6) is 0 Å². The van der Waals surface area contributed by atoms with Crippen LogP contribution < -0.4 is 0 Å². The zero-order valence-corrected chi connectivity index (χ0v) is 12.4. The van der Waals surface area contributed by atoms with E-state index >= 15 is 0 Å². The molecule has 0 amide bonds. The van der Waals surface area contributed by atoms with Crippen molar-refractivity contribution in [2.24, 2.45) is 0 Å². The average Bonchev–Trinajstić information content (AvgIpc) is 2.22. The minimum Gasteiger partial charge on any atom is -0.480 e. The predicted molar refractivity (Wildman–Crippen MR) is 63.4 cm³/mol. The van der Waals surface area contributed by atoms with E-state index in [1.807, 2.05) is 0 Å². The van der Waals surface area contributed by atoms with Gasteiger partial charge in [0.15, 0.2) is 0 Å². The fourth-order valence-corrected chi connectivity index (χ4v) is 1.48. The van der Waals surface area contributed by atoms with Crippen molar-refractivity contribution in [1.82, 2.24) is 9.80 Å². The molecule has 0 aliphatic rings. The van der Waals surface area contributed by atoms with Crippen molar-refractivity contribution in [2.45, 2.75) is 0 Å². The Morgan fingerprint density at radius 2 is 0.762 bits per heavy atom. The summed E-state index contributed by atoms with van der Waals surface area (Å²) in [6.45, 7) is -2.25. The van der Waals surface area contributed by atoms with Crippen molar-refractivity contribution in [3.63, 3.8) is 0 Å². The quantitative estimate of drug-likeness (QED) is 0.328. The molecule has 0 bridgehead atoms. The SMILES string of the molecule is O=C(O)CN(CCN(CC(=O)O)CC(=O)O)CC(=O)O.[V]. The molecule has 0 aromatic heterocycles. The zero-order chi connectivity index (χ0) is 15.7. The third-order valence-electron chi connectivity index (χ3n) is 2.17. The van der Waals surface area contributed by atoms with Gasteiger partial charge in [-0.1, -0.05) is 0 Å². The summed E-state index contributed by atoms with van der Waals surface area (Å²) in [5.74, 6) is -4.91. The summed E-state index contributed by atoms with van der Waals surface area (Å²) in [5.41, 5.74) is 0. The number of hydrogen-bond acceptors (Lipinski definition) is 6. The van der Waals surface area contributed by atoms with E-state index in [1.54, 1.807) is 0 Å². The Labute approximate surface area is 131 Å². The summed E-state index contributed by atoms with van der Waals surface area (Å²) < 4.78 is 0. The second kappa shape index (κ2) is 11.1. The minimum atomic E-state index is -1.23. The Kier molecular flexibility index (Phi) is 11.4. The molecule has 119 valence electrons. The molecule has 0 aliphatic heterocycles. The summed E-state index contributed by atoms with van der Waals surface area (Å²) in [6.07, 6.45) is 0. The Hall–Kier alpha value is -1.62. The largest absolute Gasteiger partial charge is 0.480 e. The van der Waals surface area contributed by atoms with Crippen molar-refractivity contribution < 1.29 is 58.2 Å². The molecule has 11 heteroatoms. The third kappa shape index (κ3) is 13.1. The van der Waals surface area contributed by atoms with Crippen LogP contribution in [0.2, 0.25) is 0 Å². The molecule has 0 atom stereocenters. The van der Waals surface area contributed by atoms with Gasteiger partial charge in [-0.15, -0.1) is 0 Å². The second-order valence-electron chi connectivity index (χ2n) is 4.00. The summed E-state index contributed by atoms with van der Waals surface area (Å²) in [5, 5.41) is 34.5. The predicted octanol–water partition coefficient (Wildman–Crippen LogP) is -2.07. The summed E-state index contributed by atoms with van der Waals surface area (Å²) in [6, 6.07) is 0. The van der Waals surface area contributed by atoms with E-state index in [-0.39, 0.29) is 31.6 Å². The van der Waals surface area contributed by atoms with Gasteiger partial charge in [0.25, 0.3) is 0 Å². The van der Waals surface area contributed by atoms with Crippen LogP contribution in [0.3, 0.4) is 0 Å². The molecule has 0 fully saturated rings. The van der Waals surface area contributed by atoms with Gasteiger partial charge < -0.3 is 20.4 Å². The maximum atomic E-state index is 10.6. The normalized spacial score (nSPS) is 10.2. The van der Waals surface area contributed by atoms with Gasteiger partial charge in [-0.25, -0.2) is 0 Å². The first-order valence-corrected chi connectivity index (χ1v) is 5.52. The van der Waals surface area contributed by atoms with Crippen LogP contribution in [0, 0.1) is 0 Å². The summed E-state index contributed by atoms with van der Waals surface area (Å²) in [7, 11) is 0. The van der Waals surface area contributed by atoms with E-state index in [1.165, 1.54) is 0 Å². The average molecular weight is 343 g/mol. The van der Waals surface area contributed by atoms with Crippen LogP contribution in [-0.2, 0) is 37.7 Å². The third-order valence-corrected chi connectivity index (χ3v) is 2.17. The first kappa shape index (κ1) is 21.7. The molecule has 0 saturated heterocycles. The molecular formula is C10H16N2O8V. The van der Waals surface area contributed by atoms with E-state index in [4.69, 9.17) is 20.4 Å². The molecule has 0 heterocycles. The molecular weight excluding hydrogens is 327 g/mol. The molecule has 0 spiro atoms. The van der Waals surface area contributed by atoms with Gasteiger partial charge in [0.05, 0.1) is 26.2 Å². The topological polar surface area (TPSA) is 156 Å². The van der Waals surface area contributed by atoms with Gasteiger partial charge in [-0.3, -0.25) is 29.0 Å². The smallest absolute Gasteiger partial charge is 0.317 e.